The molecule has 0 aliphatic carbocycles. The van der Waals surface area contributed by atoms with Crippen molar-refractivity contribution in [2.75, 3.05) is 12.4 Å². The smallest absolute Gasteiger partial charge is 0.333 e. The number of thioether (sulfide) groups is 1. The molecule has 1 unspecified atom stereocenters. The van der Waals surface area contributed by atoms with Crippen molar-refractivity contribution in [1.29, 1.82) is 0 Å². The molecular formula is C17H15Cl3N2O4S. The van der Waals surface area contributed by atoms with E-state index in [1.165, 1.54) is 16.7 Å². The molecule has 27 heavy (non-hydrogen) atoms. The Morgan fingerprint density at radius 3 is 2.59 bits per heavy atom. The summed E-state index contributed by atoms with van der Waals surface area (Å²) in [5.74, 6) is -1.00. The van der Waals surface area contributed by atoms with E-state index in [2.05, 4.69) is 11.9 Å². The number of hydrogen-bond acceptors (Lipinski definition) is 5. The zero-order valence-corrected chi connectivity index (χ0v) is 16.9. The minimum Gasteiger partial charge on any atom is -0.459 e. The molecule has 2 heterocycles. The highest BCUT2D eigenvalue weighted by molar-refractivity contribution is 8.00. The molecule has 2 fully saturated rings. The number of amides is 2. The second-order valence-corrected chi connectivity index (χ2v) is 9.67. The number of alkyl halides is 3. The zero-order valence-electron chi connectivity index (χ0n) is 13.9. The summed E-state index contributed by atoms with van der Waals surface area (Å²) in [7, 11) is 0. The first-order chi connectivity index (χ1) is 12.7. The molecule has 1 N–H and O–H groups in total. The van der Waals surface area contributed by atoms with Crippen LogP contribution in [0.3, 0.4) is 0 Å². The molecule has 0 radical (unpaired) electrons. The molecule has 2 aliphatic heterocycles. The van der Waals surface area contributed by atoms with E-state index in [0.29, 0.717) is 16.9 Å². The summed E-state index contributed by atoms with van der Waals surface area (Å²) in [5, 5.41) is 2.33. The van der Waals surface area contributed by atoms with Gasteiger partial charge in [0.15, 0.2) is 6.04 Å². The summed E-state index contributed by atoms with van der Waals surface area (Å²) in [5.41, 5.74) is 0.972. The lowest BCUT2D eigenvalue weighted by molar-refractivity contribution is -0.162. The third kappa shape index (κ3) is 4.37. The maximum absolute atomic E-state index is 12.6. The molecule has 10 heteroatoms. The Morgan fingerprint density at radius 1 is 1.30 bits per heavy atom. The number of carbonyl (C=O) groups excluding carboxylic acids is 3. The van der Waals surface area contributed by atoms with E-state index in [-0.39, 0.29) is 17.2 Å². The fourth-order valence-corrected chi connectivity index (χ4v) is 4.33. The fourth-order valence-electron chi connectivity index (χ4n) is 2.86. The summed E-state index contributed by atoms with van der Waals surface area (Å²) >= 11 is 18.2. The van der Waals surface area contributed by atoms with Crippen LogP contribution in [0.1, 0.15) is 10.4 Å². The Bertz CT molecular complexity index is 784. The minimum absolute atomic E-state index is 0.353. The summed E-state index contributed by atoms with van der Waals surface area (Å²) in [6, 6.07) is 6.90. The van der Waals surface area contributed by atoms with Gasteiger partial charge in [0.1, 0.15) is 18.0 Å². The highest BCUT2D eigenvalue weighted by Gasteiger charge is 2.56. The normalized spacial score (nSPS) is 24.7. The first-order valence-corrected chi connectivity index (χ1v) is 10.1. The van der Waals surface area contributed by atoms with Gasteiger partial charge in [0.25, 0.3) is 5.91 Å². The van der Waals surface area contributed by atoms with Gasteiger partial charge in [-0.15, -0.1) is 11.8 Å². The number of β-lactam (4-membered cyclic amide) rings is 1. The predicted octanol–water partition coefficient (Wildman–Crippen LogP) is 2.54. The van der Waals surface area contributed by atoms with Crippen molar-refractivity contribution in [2.45, 2.75) is 21.3 Å². The molecule has 0 aromatic heterocycles. The molecule has 144 valence electrons. The van der Waals surface area contributed by atoms with Gasteiger partial charge in [-0.3, -0.25) is 9.59 Å². The van der Waals surface area contributed by atoms with Crippen LogP contribution in [0.2, 0.25) is 0 Å². The monoisotopic (exact) mass is 448 g/mol. The average molecular weight is 450 g/mol. The lowest BCUT2D eigenvalue weighted by Gasteiger charge is -2.52. The van der Waals surface area contributed by atoms with Crippen molar-refractivity contribution in [3.63, 3.8) is 0 Å². The number of esters is 1. The van der Waals surface area contributed by atoms with Crippen molar-refractivity contribution in [3.05, 3.63) is 48.0 Å². The van der Waals surface area contributed by atoms with E-state index >= 15 is 0 Å². The molecule has 0 spiro atoms. The van der Waals surface area contributed by atoms with Gasteiger partial charge in [0.05, 0.1) is 0 Å². The molecule has 1 aromatic rings. The topological polar surface area (TPSA) is 75.7 Å². The Kier molecular flexibility index (Phi) is 5.96. The maximum Gasteiger partial charge on any atom is 0.333 e. The van der Waals surface area contributed by atoms with Gasteiger partial charge in [0, 0.05) is 11.3 Å². The van der Waals surface area contributed by atoms with Crippen LogP contribution >= 0.6 is 46.6 Å². The molecule has 3 atom stereocenters. The number of benzene rings is 1. The highest BCUT2D eigenvalue weighted by Crippen LogP contribution is 2.40. The molecule has 2 amide bonds. The third-order valence-corrected chi connectivity index (χ3v) is 5.81. The SMILES string of the molecule is C=C1CS[C@@H]2[C@H](NC(=O)c3ccccc3)C(=O)N2C1C(=O)OCC(Cl)(Cl)Cl. The Balaban J connectivity index is 1.68. The zero-order chi connectivity index (χ0) is 19.8. The first kappa shape index (κ1) is 20.3. The fraction of sp³-hybridized carbons (Fsp3) is 0.353. The van der Waals surface area contributed by atoms with Crippen LogP contribution in [-0.4, -0.2) is 56.3 Å². The summed E-state index contributed by atoms with van der Waals surface area (Å²) in [6.07, 6.45) is 0. The van der Waals surface area contributed by atoms with E-state index in [0.717, 1.165) is 0 Å². The molecule has 0 bridgehead atoms. The Hall–Kier alpha value is -1.41. The molecular weight excluding hydrogens is 435 g/mol. The van der Waals surface area contributed by atoms with Crippen LogP contribution in [-0.2, 0) is 14.3 Å². The van der Waals surface area contributed by atoms with Crippen LogP contribution in [0.5, 0.6) is 0 Å². The number of halogens is 3. The van der Waals surface area contributed by atoms with Gasteiger partial charge in [-0.2, -0.15) is 0 Å². The Labute approximate surface area is 175 Å². The minimum atomic E-state index is -1.75. The largest absolute Gasteiger partial charge is 0.459 e. The number of rotatable bonds is 4. The number of carbonyl (C=O) groups is 3. The summed E-state index contributed by atoms with van der Waals surface area (Å²) in [4.78, 5) is 38.7. The summed E-state index contributed by atoms with van der Waals surface area (Å²) < 4.78 is 3.27. The van der Waals surface area contributed by atoms with Crippen LogP contribution < -0.4 is 5.32 Å². The molecule has 1 aromatic carbocycles. The Morgan fingerprint density at radius 2 is 1.96 bits per heavy atom. The number of hydrogen-bond donors (Lipinski definition) is 1. The van der Waals surface area contributed by atoms with Crippen LogP contribution in [0, 0.1) is 0 Å². The van der Waals surface area contributed by atoms with Crippen molar-refractivity contribution in [3.8, 4) is 0 Å². The van der Waals surface area contributed by atoms with Gasteiger partial charge in [0.2, 0.25) is 9.70 Å². The van der Waals surface area contributed by atoms with E-state index in [1.54, 1.807) is 30.3 Å². The second kappa shape index (κ2) is 7.91. The number of nitrogens with zero attached hydrogens (tertiary/aromatic N) is 1. The molecule has 6 nitrogen and oxygen atoms in total. The molecule has 0 saturated carbocycles. The van der Waals surface area contributed by atoms with Gasteiger partial charge in [-0.1, -0.05) is 59.6 Å². The van der Waals surface area contributed by atoms with Gasteiger partial charge in [-0.05, 0) is 17.7 Å². The van der Waals surface area contributed by atoms with Crippen molar-refractivity contribution < 1.29 is 19.1 Å². The van der Waals surface area contributed by atoms with E-state index in [4.69, 9.17) is 39.5 Å². The van der Waals surface area contributed by atoms with Crippen LogP contribution in [0.25, 0.3) is 0 Å². The third-order valence-electron chi connectivity index (χ3n) is 4.11. The van der Waals surface area contributed by atoms with Crippen LogP contribution in [0.15, 0.2) is 42.5 Å². The highest BCUT2D eigenvalue weighted by atomic mass is 35.6. The lowest BCUT2D eigenvalue weighted by atomic mass is 9.98. The molecule has 3 rings (SSSR count). The number of nitrogens with one attached hydrogen (secondary N) is 1. The summed E-state index contributed by atoms with van der Waals surface area (Å²) in [6.45, 7) is 3.41. The average Bonchev–Trinajstić information content (AvgIpc) is 2.63. The first-order valence-electron chi connectivity index (χ1n) is 7.90. The van der Waals surface area contributed by atoms with Gasteiger partial charge in [-0.25, -0.2) is 4.79 Å². The number of ether oxygens (including phenoxy) is 1. The van der Waals surface area contributed by atoms with E-state index < -0.39 is 28.5 Å². The van der Waals surface area contributed by atoms with Crippen molar-refractivity contribution in [1.82, 2.24) is 10.2 Å². The maximum atomic E-state index is 12.6. The lowest BCUT2D eigenvalue weighted by Crippen LogP contribution is -2.74. The van der Waals surface area contributed by atoms with E-state index in [1.807, 2.05) is 0 Å². The predicted molar refractivity (Wildman–Crippen MR) is 105 cm³/mol. The van der Waals surface area contributed by atoms with Crippen molar-refractivity contribution in [2.24, 2.45) is 0 Å². The quantitative estimate of drug-likeness (QED) is 0.331. The van der Waals surface area contributed by atoms with Gasteiger partial charge >= 0.3 is 5.97 Å². The standard InChI is InChI=1S/C17H15Cl3N2O4S/c1-9-7-27-15-11(21-13(23)10-5-3-2-4-6-10)14(24)22(15)12(9)16(25)26-8-17(18,19)20/h2-6,11-12,15H,1,7-8H2,(H,21,23)/t11-,12?,15-/m1/s1. The van der Waals surface area contributed by atoms with Gasteiger partial charge < -0.3 is 15.0 Å². The van der Waals surface area contributed by atoms with Crippen LogP contribution in [0.4, 0.5) is 0 Å². The van der Waals surface area contributed by atoms with E-state index in [9.17, 15) is 14.4 Å². The number of fused-ring (bicyclic) bond motifs is 1. The second-order valence-electron chi connectivity index (χ2n) is 6.05. The van der Waals surface area contributed by atoms with Crippen molar-refractivity contribution >= 4 is 64.3 Å². The molecule has 2 aliphatic rings. The molecule has 2 saturated heterocycles.